The number of hydrogen-bond donors (Lipinski definition) is 0. The van der Waals surface area contributed by atoms with Gasteiger partial charge in [-0.2, -0.15) is 0 Å². The summed E-state index contributed by atoms with van der Waals surface area (Å²) in [6, 6.07) is 0. The van der Waals surface area contributed by atoms with Crippen molar-refractivity contribution in [1.82, 2.24) is 9.97 Å². The van der Waals surface area contributed by atoms with Crippen LogP contribution in [0, 0.1) is 6.92 Å². The molecule has 0 atom stereocenters. The molecule has 0 N–H and O–H groups in total. The summed E-state index contributed by atoms with van der Waals surface area (Å²) in [4.78, 5) is 11.0. The summed E-state index contributed by atoms with van der Waals surface area (Å²) in [6.45, 7) is 7.62. The molecule has 0 spiro atoms. The number of thiophene rings is 1. The van der Waals surface area contributed by atoms with Gasteiger partial charge in [-0.05, 0) is 18.9 Å². The van der Waals surface area contributed by atoms with Crippen molar-refractivity contribution in [3.63, 3.8) is 0 Å². The SMILES string of the molecule is CC.Cc1ncnc2sc3c(c12)CCOC3. The van der Waals surface area contributed by atoms with Crippen LogP contribution in [-0.2, 0) is 17.8 Å². The second-order valence-electron chi connectivity index (χ2n) is 3.45. The van der Waals surface area contributed by atoms with Gasteiger partial charge in [0.1, 0.15) is 11.2 Å². The van der Waals surface area contributed by atoms with Crippen molar-refractivity contribution in [2.24, 2.45) is 0 Å². The molecule has 2 aromatic heterocycles. The zero-order valence-electron chi connectivity index (χ0n) is 9.91. The van der Waals surface area contributed by atoms with Crippen LogP contribution in [0.15, 0.2) is 6.33 Å². The van der Waals surface area contributed by atoms with Gasteiger partial charge in [0.2, 0.25) is 0 Å². The molecule has 0 saturated carbocycles. The molecule has 3 nitrogen and oxygen atoms in total. The molecule has 1 aliphatic heterocycles. The van der Waals surface area contributed by atoms with E-state index in [0.717, 1.165) is 30.2 Å². The topological polar surface area (TPSA) is 35.0 Å². The molecule has 16 heavy (non-hydrogen) atoms. The van der Waals surface area contributed by atoms with Gasteiger partial charge >= 0.3 is 0 Å². The van der Waals surface area contributed by atoms with Crippen LogP contribution < -0.4 is 0 Å². The Morgan fingerprint density at radius 2 is 2.12 bits per heavy atom. The van der Waals surface area contributed by atoms with Gasteiger partial charge in [-0.3, -0.25) is 0 Å². The molecular formula is C12H16N2OS. The normalized spacial score (nSPS) is 14.2. The lowest BCUT2D eigenvalue weighted by Gasteiger charge is -2.11. The second-order valence-corrected chi connectivity index (χ2v) is 4.53. The van der Waals surface area contributed by atoms with Crippen molar-refractivity contribution in [3.8, 4) is 0 Å². The third-order valence-electron chi connectivity index (χ3n) is 2.59. The number of aryl methyl sites for hydroxylation is 1. The Labute approximate surface area is 99.5 Å². The molecule has 4 heteroatoms. The first-order valence-electron chi connectivity index (χ1n) is 5.66. The van der Waals surface area contributed by atoms with Gasteiger partial charge in [0.05, 0.1) is 13.2 Å². The van der Waals surface area contributed by atoms with Gasteiger partial charge in [-0.15, -0.1) is 11.3 Å². The lowest BCUT2D eigenvalue weighted by Crippen LogP contribution is -2.07. The van der Waals surface area contributed by atoms with Crippen LogP contribution in [0.1, 0.15) is 30.0 Å². The molecule has 0 radical (unpaired) electrons. The highest BCUT2D eigenvalue weighted by molar-refractivity contribution is 7.18. The Morgan fingerprint density at radius 3 is 2.94 bits per heavy atom. The summed E-state index contributed by atoms with van der Waals surface area (Å²) in [6.07, 6.45) is 2.64. The van der Waals surface area contributed by atoms with Crippen molar-refractivity contribution < 1.29 is 4.74 Å². The maximum Gasteiger partial charge on any atom is 0.127 e. The zero-order chi connectivity index (χ0) is 11.5. The van der Waals surface area contributed by atoms with Crippen molar-refractivity contribution in [2.75, 3.05) is 6.61 Å². The lowest BCUT2D eigenvalue weighted by atomic mass is 10.1. The Balaban J connectivity index is 0.000000457. The Hall–Kier alpha value is -1.00. The molecule has 2 aromatic rings. The predicted octanol–water partition coefficient (Wildman–Crippen LogP) is 3.10. The number of ether oxygens (including phenoxy) is 1. The molecular weight excluding hydrogens is 220 g/mol. The van der Waals surface area contributed by atoms with Crippen molar-refractivity contribution in [2.45, 2.75) is 33.8 Å². The zero-order valence-corrected chi connectivity index (χ0v) is 10.7. The molecule has 0 amide bonds. The summed E-state index contributed by atoms with van der Waals surface area (Å²) in [5.74, 6) is 0. The van der Waals surface area contributed by atoms with Crippen molar-refractivity contribution in [1.29, 1.82) is 0 Å². The molecule has 86 valence electrons. The number of fused-ring (bicyclic) bond motifs is 3. The van der Waals surface area contributed by atoms with E-state index in [4.69, 9.17) is 4.74 Å². The summed E-state index contributed by atoms with van der Waals surface area (Å²) < 4.78 is 5.43. The van der Waals surface area contributed by atoms with E-state index in [1.807, 2.05) is 20.8 Å². The van der Waals surface area contributed by atoms with Crippen LogP contribution in [0.25, 0.3) is 10.2 Å². The largest absolute Gasteiger partial charge is 0.376 e. The van der Waals surface area contributed by atoms with Crippen LogP contribution in [0.3, 0.4) is 0 Å². The monoisotopic (exact) mass is 236 g/mol. The molecule has 0 fully saturated rings. The Bertz CT molecular complexity index is 493. The first kappa shape index (κ1) is 11.5. The van der Waals surface area contributed by atoms with E-state index >= 15 is 0 Å². The average molecular weight is 236 g/mol. The summed E-state index contributed by atoms with van der Waals surface area (Å²) in [5, 5.41) is 1.26. The van der Waals surface area contributed by atoms with Crippen LogP contribution in [0.4, 0.5) is 0 Å². The minimum Gasteiger partial charge on any atom is -0.376 e. The van der Waals surface area contributed by atoms with E-state index < -0.39 is 0 Å². The van der Waals surface area contributed by atoms with E-state index in [2.05, 4.69) is 9.97 Å². The van der Waals surface area contributed by atoms with E-state index in [1.165, 1.54) is 15.8 Å². The molecule has 0 bridgehead atoms. The highest BCUT2D eigenvalue weighted by Crippen LogP contribution is 2.34. The fraction of sp³-hybridized carbons (Fsp3) is 0.500. The summed E-state index contributed by atoms with van der Waals surface area (Å²) in [5.41, 5.74) is 2.50. The molecule has 3 rings (SSSR count). The van der Waals surface area contributed by atoms with Crippen LogP contribution in [0.2, 0.25) is 0 Å². The van der Waals surface area contributed by atoms with E-state index in [1.54, 1.807) is 17.7 Å². The summed E-state index contributed by atoms with van der Waals surface area (Å²) in [7, 11) is 0. The fourth-order valence-electron chi connectivity index (χ4n) is 1.91. The molecule has 0 saturated heterocycles. The van der Waals surface area contributed by atoms with Gasteiger partial charge in [0.15, 0.2) is 0 Å². The average Bonchev–Trinajstić information content (AvgIpc) is 2.71. The minimum atomic E-state index is 0.746. The number of nitrogens with zero attached hydrogens (tertiary/aromatic N) is 2. The minimum absolute atomic E-state index is 0.746. The quantitative estimate of drug-likeness (QED) is 0.705. The van der Waals surface area contributed by atoms with E-state index in [0.29, 0.717) is 0 Å². The number of hydrogen-bond acceptors (Lipinski definition) is 4. The third-order valence-corrected chi connectivity index (χ3v) is 3.70. The Kier molecular flexibility index (Phi) is 3.51. The third kappa shape index (κ3) is 1.83. The molecule has 0 aromatic carbocycles. The highest BCUT2D eigenvalue weighted by Gasteiger charge is 2.18. The molecule has 3 heterocycles. The molecule has 0 unspecified atom stereocenters. The van der Waals surface area contributed by atoms with Crippen LogP contribution in [0.5, 0.6) is 0 Å². The first-order valence-corrected chi connectivity index (χ1v) is 6.47. The van der Waals surface area contributed by atoms with Gasteiger partial charge < -0.3 is 4.74 Å². The van der Waals surface area contributed by atoms with Crippen LogP contribution in [-0.4, -0.2) is 16.6 Å². The smallest absolute Gasteiger partial charge is 0.127 e. The maximum absolute atomic E-state index is 5.43. The predicted molar refractivity (Wildman–Crippen MR) is 66.9 cm³/mol. The number of aromatic nitrogens is 2. The fourth-order valence-corrected chi connectivity index (χ4v) is 3.09. The van der Waals surface area contributed by atoms with Crippen molar-refractivity contribution >= 4 is 21.6 Å². The highest BCUT2D eigenvalue weighted by atomic mass is 32.1. The molecule has 1 aliphatic rings. The van der Waals surface area contributed by atoms with E-state index in [-0.39, 0.29) is 0 Å². The lowest BCUT2D eigenvalue weighted by molar-refractivity contribution is 0.114. The van der Waals surface area contributed by atoms with Crippen molar-refractivity contribution in [3.05, 3.63) is 22.5 Å². The maximum atomic E-state index is 5.43. The number of rotatable bonds is 0. The summed E-state index contributed by atoms with van der Waals surface area (Å²) >= 11 is 1.74. The first-order chi connectivity index (χ1) is 7.86. The van der Waals surface area contributed by atoms with Gasteiger partial charge in [-0.25, -0.2) is 9.97 Å². The van der Waals surface area contributed by atoms with Gasteiger partial charge in [0, 0.05) is 16.0 Å². The van der Waals surface area contributed by atoms with Crippen LogP contribution >= 0.6 is 11.3 Å². The standard InChI is InChI=1S/C10H10N2OS.C2H6/c1-6-9-7-2-3-13-4-8(7)14-10(9)12-5-11-6;1-2/h5H,2-4H2,1H3;1-2H3. The van der Waals surface area contributed by atoms with E-state index in [9.17, 15) is 0 Å². The second kappa shape index (κ2) is 4.89. The molecule has 0 aliphatic carbocycles. The van der Waals surface area contributed by atoms with Gasteiger partial charge in [0.25, 0.3) is 0 Å². The van der Waals surface area contributed by atoms with Gasteiger partial charge in [-0.1, -0.05) is 13.8 Å². The Morgan fingerprint density at radius 1 is 1.31 bits per heavy atom.